The fraction of sp³-hybridized carbons (Fsp3) is 0.412. The number of hydrogen-bond acceptors (Lipinski definition) is 3. The van der Waals surface area contributed by atoms with Gasteiger partial charge < -0.3 is 10.0 Å². The van der Waals surface area contributed by atoms with E-state index in [1.54, 1.807) is 35.9 Å². The zero-order chi connectivity index (χ0) is 16.2. The average molecular weight is 301 g/mol. The van der Waals surface area contributed by atoms with Gasteiger partial charge in [-0.3, -0.25) is 9.48 Å². The number of aliphatic hydroxyl groups is 1. The first kappa shape index (κ1) is 16.2. The third-order valence-corrected chi connectivity index (χ3v) is 3.75. The lowest BCUT2D eigenvalue weighted by Gasteiger charge is -2.31. The molecule has 1 N–H and O–H groups in total. The van der Waals surface area contributed by atoms with Crippen LogP contribution in [0.15, 0.2) is 42.7 Å². The lowest BCUT2D eigenvalue weighted by atomic mass is 10.0. The van der Waals surface area contributed by atoms with E-state index in [1.807, 2.05) is 37.3 Å². The quantitative estimate of drug-likeness (QED) is 0.890. The van der Waals surface area contributed by atoms with Gasteiger partial charge in [-0.05, 0) is 18.9 Å². The van der Waals surface area contributed by atoms with E-state index in [2.05, 4.69) is 5.10 Å². The summed E-state index contributed by atoms with van der Waals surface area (Å²) in [6.45, 7) is 4.41. The van der Waals surface area contributed by atoms with E-state index >= 15 is 0 Å². The topological polar surface area (TPSA) is 58.4 Å². The molecule has 1 heterocycles. The van der Waals surface area contributed by atoms with Crippen molar-refractivity contribution in [2.45, 2.75) is 32.4 Å². The maximum atomic E-state index is 12.7. The van der Waals surface area contributed by atoms with Gasteiger partial charge >= 0.3 is 0 Å². The van der Waals surface area contributed by atoms with Gasteiger partial charge in [-0.2, -0.15) is 5.10 Å². The molecule has 118 valence electrons. The lowest BCUT2D eigenvalue weighted by Crippen LogP contribution is -2.43. The van der Waals surface area contributed by atoms with Crippen molar-refractivity contribution in [1.29, 1.82) is 0 Å². The fourth-order valence-electron chi connectivity index (χ4n) is 2.24. The number of carbonyl (C=O) groups is 1. The van der Waals surface area contributed by atoms with Gasteiger partial charge in [0, 0.05) is 26.3 Å². The molecule has 0 unspecified atom stereocenters. The van der Waals surface area contributed by atoms with Crippen molar-refractivity contribution in [2.75, 3.05) is 6.54 Å². The third kappa shape index (κ3) is 4.18. The maximum Gasteiger partial charge on any atom is 0.257 e. The van der Waals surface area contributed by atoms with Crippen molar-refractivity contribution in [3.8, 4) is 0 Å². The van der Waals surface area contributed by atoms with E-state index < -0.39 is 5.60 Å². The van der Waals surface area contributed by atoms with Crippen LogP contribution in [0, 0.1) is 0 Å². The van der Waals surface area contributed by atoms with Gasteiger partial charge in [-0.25, -0.2) is 0 Å². The Kier molecular flexibility index (Phi) is 4.98. The molecule has 0 saturated heterocycles. The molecule has 0 saturated carbocycles. The summed E-state index contributed by atoms with van der Waals surface area (Å²) in [7, 11) is 1.78. The predicted molar refractivity (Wildman–Crippen MR) is 85.3 cm³/mol. The molecule has 0 radical (unpaired) electrons. The Bertz CT molecular complexity index is 620. The van der Waals surface area contributed by atoms with Crippen LogP contribution in [0.1, 0.15) is 36.2 Å². The molecule has 5 nitrogen and oxygen atoms in total. The first-order valence-electron chi connectivity index (χ1n) is 7.45. The number of aromatic nitrogens is 2. The Morgan fingerprint density at radius 3 is 2.59 bits per heavy atom. The highest BCUT2D eigenvalue weighted by Crippen LogP contribution is 2.16. The molecule has 0 spiro atoms. The second kappa shape index (κ2) is 6.75. The molecule has 5 heteroatoms. The molecule has 1 aromatic carbocycles. The molecule has 0 aliphatic rings. The second-order valence-corrected chi connectivity index (χ2v) is 5.90. The van der Waals surface area contributed by atoms with Crippen molar-refractivity contribution in [2.24, 2.45) is 7.05 Å². The Labute approximate surface area is 131 Å². The SMILES string of the molecule is CC[C@@](C)(O)CN(Cc1ccccc1)C(=O)c1cnn(C)c1. The first-order chi connectivity index (χ1) is 10.4. The maximum absolute atomic E-state index is 12.7. The summed E-state index contributed by atoms with van der Waals surface area (Å²) in [5.74, 6) is -0.120. The van der Waals surface area contributed by atoms with Crippen LogP contribution >= 0.6 is 0 Å². The zero-order valence-electron chi connectivity index (χ0n) is 13.4. The number of rotatable bonds is 6. The van der Waals surface area contributed by atoms with Gasteiger partial charge in [0.25, 0.3) is 5.91 Å². The Morgan fingerprint density at radius 1 is 1.36 bits per heavy atom. The number of aryl methyl sites for hydroxylation is 1. The first-order valence-corrected chi connectivity index (χ1v) is 7.45. The van der Waals surface area contributed by atoms with Crippen molar-refractivity contribution >= 4 is 5.91 Å². The molecule has 1 atom stereocenters. The van der Waals surface area contributed by atoms with Crippen LogP contribution in [0.3, 0.4) is 0 Å². The highest BCUT2D eigenvalue weighted by atomic mass is 16.3. The van der Waals surface area contributed by atoms with Gasteiger partial charge in [0.2, 0.25) is 0 Å². The van der Waals surface area contributed by atoms with Crippen LogP contribution in [-0.2, 0) is 13.6 Å². The summed E-state index contributed by atoms with van der Waals surface area (Å²) in [6.07, 6.45) is 3.83. The monoisotopic (exact) mass is 301 g/mol. The summed E-state index contributed by atoms with van der Waals surface area (Å²) < 4.78 is 1.60. The van der Waals surface area contributed by atoms with Crippen molar-refractivity contribution in [3.63, 3.8) is 0 Å². The molecular weight excluding hydrogens is 278 g/mol. The Balaban J connectivity index is 2.22. The molecule has 22 heavy (non-hydrogen) atoms. The van der Waals surface area contributed by atoms with Crippen LogP contribution in [0.5, 0.6) is 0 Å². The standard InChI is InChI=1S/C17H23N3O2/c1-4-17(2,22)13-20(11-14-8-6-5-7-9-14)16(21)15-10-18-19(3)12-15/h5-10,12,22H,4,11,13H2,1-3H3/t17-/m1/s1. The minimum absolute atomic E-state index is 0.120. The summed E-state index contributed by atoms with van der Waals surface area (Å²) in [6, 6.07) is 9.79. The molecule has 1 aromatic heterocycles. The van der Waals surface area contributed by atoms with E-state index in [0.717, 1.165) is 5.56 Å². The highest BCUT2D eigenvalue weighted by Gasteiger charge is 2.26. The minimum atomic E-state index is -0.910. The van der Waals surface area contributed by atoms with Crippen molar-refractivity contribution in [1.82, 2.24) is 14.7 Å². The molecule has 1 amide bonds. The van der Waals surface area contributed by atoms with E-state index in [1.165, 1.54) is 0 Å². The number of amides is 1. The van der Waals surface area contributed by atoms with E-state index in [9.17, 15) is 9.90 Å². The van der Waals surface area contributed by atoms with Crippen LogP contribution in [0.2, 0.25) is 0 Å². The highest BCUT2D eigenvalue weighted by molar-refractivity contribution is 5.93. The number of carbonyl (C=O) groups excluding carboxylic acids is 1. The molecule has 0 bridgehead atoms. The van der Waals surface area contributed by atoms with Gasteiger partial charge in [0.1, 0.15) is 0 Å². The lowest BCUT2D eigenvalue weighted by molar-refractivity contribution is 0.0135. The van der Waals surface area contributed by atoms with E-state index in [0.29, 0.717) is 18.5 Å². The second-order valence-electron chi connectivity index (χ2n) is 5.90. The molecule has 0 fully saturated rings. The fourth-order valence-corrected chi connectivity index (χ4v) is 2.24. The van der Waals surface area contributed by atoms with Crippen LogP contribution in [0.4, 0.5) is 0 Å². The van der Waals surface area contributed by atoms with Crippen LogP contribution in [-0.4, -0.2) is 37.8 Å². The van der Waals surface area contributed by atoms with Gasteiger partial charge in [0.15, 0.2) is 0 Å². The molecule has 2 aromatic rings. The van der Waals surface area contributed by atoms with Gasteiger partial charge in [-0.1, -0.05) is 37.3 Å². The summed E-state index contributed by atoms with van der Waals surface area (Å²) >= 11 is 0. The summed E-state index contributed by atoms with van der Waals surface area (Å²) in [5.41, 5.74) is 0.657. The van der Waals surface area contributed by atoms with E-state index in [-0.39, 0.29) is 12.5 Å². The average Bonchev–Trinajstić information content (AvgIpc) is 2.93. The van der Waals surface area contributed by atoms with Gasteiger partial charge in [0.05, 0.1) is 17.4 Å². The number of hydrogen-bond donors (Lipinski definition) is 1. The van der Waals surface area contributed by atoms with Gasteiger partial charge in [-0.15, -0.1) is 0 Å². The molecule has 2 rings (SSSR count). The predicted octanol–water partition coefficient (Wildman–Crippen LogP) is 2.22. The van der Waals surface area contributed by atoms with Crippen molar-refractivity contribution < 1.29 is 9.90 Å². The summed E-state index contributed by atoms with van der Waals surface area (Å²) in [5, 5.41) is 14.4. The number of nitrogens with zero attached hydrogens (tertiary/aromatic N) is 3. The Morgan fingerprint density at radius 2 is 2.05 bits per heavy atom. The smallest absolute Gasteiger partial charge is 0.257 e. The normalized spacial score (nSPS) is 13.6. The summed E-state index contributed by atoms with van der Waals surface area (Å²) in [4.78, 5) is 14.4. The molecule has 0 aliphatic heterocycles. The van der Waals surface area contributed by atoms with Crippen molar-refractivity contribution in [3.05, 3.63) is 53.9 Å². The van der Waals surface area contributed by atoms with Crippen LogP contribution < -0.4 is 0 Å². The molecular formula is C17H23N3O2. The minimum Gasteiger partial charge on any atom is -0.388 e. The van der Waals surface area contributed by atoms with Crippen LogP contribution in [0.25, 0.3) is 0 Å². The molecule has 0 aliphatic carbocycles. The zero-order valence-corrected chi connectivity index (χ0v) is 13.4. The van der Waals surface area contributed by atoms with E-state index in [4.69, 9.17) is 0 Å². The Hall–Kier alpha value is -2.14. The number of benzene rings is 1. The third-order valence-electron chi connectivity index (χ3n) is 3.75. The largest absolute Gasteiger partial charge is 0.388 e.